The molecule has 0 amide bonds. The molecule has 0 aliphatic carbocycles. The van der Waals surface area contributed by atoms with E-state index in [4.69, 9.17) is 14.6 Å². The number of H-pyrrole nitrogens is 1. The van der Waals surface area contributed by atoms with Gasteiger partial charge in [-0.1, -0.05) is 18.2 Å². The molecule has 0 aliphatic rings. The Bertz CT molecular complexity index is 1150. The topological polar surface area (TPSA) is 93.6 Å². The summed E-state index contributed by atoms with van der Waals surface area (Å²) in [6.45, 7) is -0.304. The van der Waals surface area contributed by atoms with Crippen LogP contribution in [0.4, 0.5) is 13.2 Å². The average molecular weight is 436 g/mol. The van der Waals surface area contributed by atoms with Crippen LogP contribution in [0.5, 0.6) is 11.5 Å². The number of aliphatic hydroxyl groups excluding tert-OH is 1. The van der Waals surface area contributed by atoms with Crippen LogP contribution in [0.25, 0.3) is 0 Å². The number of hydrogen-bond donors (Lipinski definition) is 2. The van der Waals surface area contributed by atoms with Crippen molar-refractivity contribution in [1.29, 1.82) is 0 Å². The van der Waals surface area contributed by atoms with Gasteiger partial charge in [0.15, 0.2) is 0 Å². The Hall–Kier alpha value is -3.37. The SMILES string of the molecule is O=c1[nH]c(=O)n(COCCO)cc1Cc1cccc(Oc2cccc(C(F)(F)F)c2)c1. The van der Waals surface area contributed by atoms with Crippen molar-refractivity contribution in [3.8, 4) is 11.5 Å². The van der Waals surface area contributed by atoms with Crippen LogP contribution in [0, 0.1) is 0 Å². The Morgan fingerprint density at radius 3 is 2.45 bits per heavy atom. The summed E-state index contributed by atoms with van der Waals surface area (Å²) in [4.78, 5) is 26.2. The molecule has 164 valence electrons. The van der Waals surface area contributed by atoms with Crippen LogP contribution in [0.2, 0.25) is 0 Å². The molecule has 10 heteroatoms. The molecule has 3 aromatic rings. The molecule has 1 aromatic heterocycles. The third-order valence-corrected chi connectivity index (χ3v) is 4.24. The van der Waals surface area contributed by atoms with E-state index in [-0.39, 0.29) is 37.7 Å². The van der Waals surface area contributed by atoms with Gasteiger partial charge in [-0.25, -0.2) is 4.79 Å². The summed E-state index contributed by atoms with van der Waals surface area (Å²) < 4.78 is 50.4. The number of hydrogen-bond acceptors (Lipinski definition) is 5. The monoisotopic (exact) mass is 436 g/mol. The number of aromatic nitrogens is 2. The quantitative estimate of drug-likeness (QED) is 0.530. The summed E-state index contributed by atoms with van der Waals surface area (Å²) in [6.07, 6.45) is -2.97. The first-order valence-corrected chi connectivity index (χ1v) is 9.21. The van der Waals surface area contributed by atoms with E-state index in [0.29, 0.717) is 11.3 Å². The first-order chi connectivity index (χ1) is 14.8. The highest BCUT2D eigenvalue weighted by Gasteiger charge is 2.30. The van der Waals surface area contributed by atoms with Crippen LogP contribution in [-0.4, -0.2) is 27.9 Å². The first kappa shape index (κ1) is 22.3. The molecule has 0 unspecified atom stereocenters. The zero-order chi connectivity index (χ0) is 22.4. The van der Waals surface area contributed by atoms with Crippen molar-refractivity contribution in [1.82, 2.24) is 9.55 Å². The Balaban J connectivity index is 1.79. The largest absolute Gasteiger partial charge is 0.457 e. The highest BCUT2D eigenvalue weighted by Crippen LogP contribution is 2.32. The minimum absolute atomic E-state index is 0.0272. The predicted molar refractivity (Wildman–Crippen MR) is 105 cm³/mol. The fourth-order valence-electron chi connectivity index (χ4n) is 2.81. The van der Waals surface area contributed by atoms with E-state index in [1.165, 1.54) is 18.3 Å². The van der Waals surface area contributed by atoms with Crippen molar-refractivity contribution in [3.63, 3.8) is 0 Å². The molecule has 3 rings (SSSR count). The van der Waals surface area contributed by atoms with Crippen molar-refractivity contribution in [3.05, 3.63) is 92.3 Å². The molecule has 0 saturated carbocycles. The number of ether oxygens (including phenoxy) is 2. The van der Waals surface area contributed by atoms with E-state index >= 15 is 0 Å². The second kappa shape index (κ2) is 9.63. The molecular formula is C21H19F3N2O5. The maximum Gasteiger partial charge on any atom is 0.416 e. The Morgan fingerprint density at radius 2 is 1.74 bits per heavy atom. The van der Waals surface area contributed by atoms with Gasteiger partial charge in [0.25, 0.3) is 5.56 Å². The van der Waals surface area contributed by atoms with Crippen LogP contribution < -0.4 is 16.0 Å². The summed E-state index contributed by atoms with van der Waals surface area (Å²) >= 11 is 0. The molecule has 1 heterocycles. The maximum atomic E-state index is 12.9. The zero-order valence-electron chi connectivity index (χ0n) is 16.2. The fourth-order valence-corrected chi connectivity index (χ4v) is 2.81. The van der Waals surface area contributed by atoms with Crippen LogP contribution in [-0.2, 0) is 24.1 Å². The van der Waals surface area contributed by atoms with Gasteiger partial charge in [0.2, 0.25) is 0 Å². The molecule has 0 fully saturated rings. The molecule has 31 heavy (non-hydrogen) atoms. The van der Waals surface area contributed by atoms with Crippen LogP contribution in [0.15, 0.2) is 64.3 Å². The highest BCUT2D eigenvalue weighted by molar-refractivity contribution is 5.37. The van der Waals surface area contributed by atoms with E-state index < -0.39 is 23.0 Å². The fraction of sp³-hybridized carbons (Fsp3) is 0.238. The predicted octanol–water partition coefficient (Wildman–Crippen LogP) is 2.90. The van der Waals surface area contributed by atoms with Crippen molar-refractivity contribution in [2.75, 3.05) is 13.2 Å². The third kappa shape index (κ3) is 6.06. The standard InChI is InChI=1S/C21H19F3N2O5/c22-21(23,24)16-4-2-6-18(11-16)31-17-5-1-3-14(10-17)9-15-12-26(13-30-8-7-27)20(29)25-19(15)28/h1-6,10-12,27H,7-9,13H2,(H,25,28,29). The molecule has 7 nitrogen and oxygen atoms in total. The highest BCUT2D eigenvalue weighted by atomic mass is 19.4. The van der Waals surface area contributed by atoms with Crippen molar-refractivity contribution < 1.29 is 27.8 Å². The number of aromatic amines is 1. The number of aliphatic hydroxyl groups is 1. The molecular weight excluding hydrogens is 417 g/mol. The number of alkyl halides is 3. The van der Waals surface area contributed by atoms with Crippen molar-refractivity contribution in [2.24, 2.45) is 0 Å². The van der Waals surface area contributed by atoms with E-state index in [9.17, 15) is 22.8 Å². The van der Waals surface area contributed by atoms with Gasteiger partial charge in [-0.3, -0.25) is 14.3 Å². The molecule has 0 atom stereocenters. The number of rotatable bonds is 8. The summed E-state index contributed by atoms with van der Waals surface area (Å²) in [5.74, 6) is 0.326. The van der Waals surface area contributed by atoms with Crippen LogP contribution >= 0.6 is 0 Å². The molecule has 2 N–H and O–H groups in total. The summed E-state index contributed by atoms with van der Waals surface area (Å²) in [6, 6.07) is 11.1. The second-order valence-electron chi connectivity index (χ2n) is 6.60. The Labute approximate surface area is 174 Å². The minimum Gasteiger partial charge on any atom is -0.457 e. The lowest BCUT2D eigenvalue weighted by Crippen LogP contribution is -2.32. The molecule has 0 spiro atoms. The van der Waals surface area contributed by atoms with Gasteiger partial charge < -0.3 is 14.6 Å². The lowest BCUT2D eigenvalue weighted by Gasteiger charge is -2.11. The maximum absolute atomic E-state index is 12.9. The van der Waals surface area contributed by atoms with E-state index in [1.807, 2.05) is 0 Å². The van der Waals surface area contributed by atoms with Crippen LogP contribution in [0.3, 0.4) is 0 Å². The van der Waals surface area contributed by atoms with Gasteiger partial charge in [0.1, 0.15) is 18.2 Å². The van der Waals surface area contributed by atoms with E-state index in [1.54, 1.807) is 24.3 Å². The third-order valence-electron chi connectivity index (χ3n) is 4.24. The molecule has 0 bridgehead atoms. The number of benzene rings is 2. The molecule has 0 radical (unpaired) electrons. The summed E-state index contributed by atoms with van der Waals surface area (Å²) in [5, 5.41) is 8.76. The number of halogens is 3. The Morgan fingerprint density at radius 1 is 1.03 bits per heavy atom. The van der Waals surface area contributed by atoms with E-state index in [0.717, 1.165) is 16.7 Å². The first-order valence-electron chi connectivity index (χ1n) is 9.21. The molecule has 0 aliphatic heterocycles. The van der Waals surface area contributed by atoms with Gasteiger partial charge in [-0.2, -0.15) is 13.2 Å². The van der Waals surface area contributed by atoms with E-state index in [2.05, 4.69) is 4.98 Å². The lowest BCUT2D eigenvalue weighted by molar-refractivity contribution is -0.137. The smallest absolute Gasteiger partial charge is 0.416 e. The van der Waals surface area contributed by atoms with Crippen molar-refractivity contribution in [2.45, 2.75) is 19.3 Å². The van der Waals surface area contributed by atoms with Gasteiger partial charge in [-0.05, 0) is 35.9 Å². The van der Waals surface area contributed by atoms with Crippen LogP contribution in [0.1, 0.15) is 16.7 Å². The second-order valence-corrected chi connectivity index (χ2v) is 6.60. The van der Waals surface area contributed by atoms with Gasteiger partial charge in [0, 0.05) is 18.2 Å². The molecule has 2 aromatic carbocycles. The summed E-state index contributed by atoms with van der Waals surface area (Å²) in [5.41, 5.74) is -1.10. The summed E-state index contributed by atoms with van der Waals surface area (Å²) in [7, 11) is 0. The number of nitrogens with zero attached hydrogens (tertiary/aromatic N) is 1. The van der Waals surface area contributed by atoms with Gasteiger partial charge >= 0.3 is 11.9 Å². The van der Waals surface area contributed by atoms with Gasteiger partial charge in [-0.15, -0.1) is 0 Å². The zero-order valence-corrected chi connectivity index (χ0v) is 16.2. The van der Waals surface area contributed by atoms with Gasteiger partial charge in [0.05, 0.1) is 18.8 Å². The molecule has 0 saturated heterocycles. The normalized spacial score (nSPS) is 11.5. The Kier molecular flexibility index (Phi) is 6.93. The number of nitrogens with one attached hydrogen (secondary N) is 1. The lowest BCUT2D eigenvalue weighted by atomic mass is 10.1. The average Bonchev–Trinajstić information content (AvgIpc) is 2.71. The minimum atomic E-state index is -4.48. The van der Waals surface area contributed by atoms with Crippen molar-refractivity contribution >= 4 is 0 Å².